The second kappa shape index (κ2) is 7.42. The zero-order chi connectivity index (χ0) is 14.3. The molecular formula is C12H16FN3O3. The Morgan fingerprint density at radius 3 is 2.74 bits per heavy atom. The van der Waals surface area contributed by atoms with E-state index in [9.17, 15) is 19.3 Å². The molecule has 1 aromatic carbocycles. The zero-order valence-electron chi connectivity index (χ0n) is 10.6. The van der Waals surface area contributed by atoms with Gasteiger partial charge in [-0.05, 0) is 25.1 Å². The molecule has 0 saturated carbocycles. The van der Waals surface area contributed by atoms with E-state index < -0.39 is 22.3 Å². The maximum absolute atomic E-state index is 12.9. The smallest absolute Gasteiger partial charge is 0.285 e. The largest absolute Gasteiger partial charge is 0.351 e. The van der Waals surface area contributed by atoms with Crippen molar-refractivity contribution < 1.29 is 14.1 Å². The quantitative estimate of drug-likeness (QED) is 0.446. The van der Waals surface area contributed by atoms with Crippen LogP contribution in [0, 0.1) is 15.9 Å². The number of rotatable bonds is 7. The van der Waals surface area contributed by atoms with Crippen molar-refractivity contribution in [3.8, 4) is 0 Å². The molecule has 0 fully saturated rings. The van der Waals surface area contributed by atoms with Crippen LogP contribution in [0.3, 0.4) is 0 Å². The molecule has 1 aromatic rings. The van der Waals surface area contributed by atoms with Crippen LogP contribution in [0.4, 0.5) is 10.1 Å². The number of hydrogen-bond acceptors (Lipinski definition) is 4. The van der Waals surface area contributed by atoms with Crippen molar-refractivity contribution in [2.45, 2.75) is 13.3 Å². The van der Waals surface area contributed by atoms with Crippen molar-refractivity contribution in [1.82, 2.24) is 10.6 Å². The van der Waals surface area contributed by atoms with Crippen molar-refractivity contribution >= 4 is 11.6 Å². The number of halogens is 1. The first-order chi connectivity index (χ1) is 9.06. The van der Waals surface area contributed by atoms with E-state index in [1.165, 1.54) is 0 Å². The molecule has 6 nitrogen and oxygen atoms in total. The predicted octanol–water partition coefficient (Wildman–Crippen LogP) is 1.46. The summed E-state index contributed by atoms with van der Waals surface area (Å²) in [5.41, 5.74) is -0.666. The maximum Gasteiger partial charge on any atom is 0.285 e. The normalized spacial score (nSPS) is 10.2. The van der Waals surface area contributed by atoms with Crippen molar-refractivity contribution in [3.05, 3.63) is 39.7 Å². The Balaban J connectivity index is 2.64. The SMILES string of the molecule is CCCNCCNC(=O)c1ccc(F)cc1[N+](=O)[O-]. The summed E-state index contributed by atoms with van der Waals surface area (Å²) in [7, 11) is 0. The van der Waals surface area contributed by atoms with E-state index in [-0.39, 0.29) is 5.56 Å². The first-order valence-electron chi connectivity index (χ1n) is 5.99. The fourth-order valence-corrected chi connectivity index (χ4v) is 1.51. The molecule has 0 bridgehead atoms. The van der Waals surface area contributed by atoms with Crippen LogP contribution in [0.15, 0.2) is 18.2 Å². The van der Waals surface area contributed by atoms with Gasteiger partial charge in [-0.1, -0.05) is 6.92 Å². The summed E-state index contributed by atoms with van der Waals surface area (Å²) >= 11 is 0. The Hall–Kier alpha value is -2.02. The van der Waals surface area contributed by atoms with E-state index in [1.807, 2.05) is 6.92 Å². The van der Waals surface area contributed by atoms with Crippen LogP contribution < -0.4 is 10.6 Å². The molecular weight excluding hydrogens is 253 g/mol. The molecule has 0 radical (unpaired) electrons. The van der Waals surface area contributed by atoms with Gasteiger partial charge in [0.2, 0.25) is 0 Å². The molecule has 1 amide bonds. The van der Waals surface area contributed by atoms with Gasteiger partial charge in [0.05, 0.1) is 11.0 Å². The summed E-state index contributed by atoms with van der Waals surface area (Å²) in [6, 6.07) is 2.88. The first-order valence-corrected chi connectivity index (χ1v) is 5.99. The van der Waals surface area contributed by atoms with Gasteiger partial charge in [-0.15, -0.1) is 0 Å². The van der Waals surface area contributed by atoms with Gasteiger partial charge in [0.1, 0.15) is 11.4 Å². The molecule has 0 aromatic heterocycles. The highest BCUT2D eigenvalue weighted by molar-refractivity contribution is 5.98. The van der Waals surface area contributed by atoms with Crippen LogP contribution in [-0.4, -0.2) is 30.5 Å². The summed E-state index contributed by atoms with van der Waals surface area (Å²) in [5, 5.41) is 16.4. The number of carbonyl (C=O) groups is 1. The lowest BCUT2D eigenvalue weighted by atomic mass is 10.1. The molecule has 0 unspecified atom stereocenters. The molecule has 0 aliphatic heterocycles. The van der Waals surface area contributed by atoms with Crippen LogP contribution in [-0.2, 0) is 0 Å². The molecule has 0 saturated heterocycles. The third kappa shape index (κ3) is 4.63. The lowest BCUT2D eigenvalue weighted by molar-refractivity contribution is -0.385. The van der Waals surface area contributed by atoms with Crippen LogP contribution in [0.25, 0.3) is 0 Å². The minimum atomic E-state index is -0.771. The standard InChI is InChI=1S/C12H16FN3O3/c1-2-5-14-6-7-15-12(17)10-4-3-9(13)8-11(10)16(18)19/h3-4,8,14H,2,5-7H2,1H3,(H,15,17). The molecule has 1 rings (SSSR count). The fourth-order valence-electron chi connectivity index (χ4n) is 1.51. The van der Waals surface area contributed by atoms with Gasteiger partial charge >= 0.3 is 0 Å². The first kappa shape index (κ1) is 15.0. The van der Waals surface area contributed by atoms with E-state index in [1.54, 1.807) is 0 Å². The Kier molecular flexibility index (Phi) is 5.87. The average Bonchev–Trinajstić information content (AvgIpc) is 2.38. The fraction of sp³-hybridized carbons (Fsp3) is 0.417. The van der Waals surface area contributed by atoms with Gasteiger partial charge in [-0.25, -0.2) is 4.39 Å². The molecule has 2 N–H and O–H groups in total. The maximum atomic E-state index is 12.9. The van der Waals surface area contributed by atoms with Gasteiger partial charge < -0.3 is 10.6 Å². The molecule has 0 heterocycles. The summed E-state index contributed by atoms with van der Waals surface area (Å²) in [6.45, 7) is 3.79. The van der Waals surface area contributed by atoms with Crippen LogP contribution in [0.1, 0.15) is 23.7 Å². The average molecular weight is 269 g/mol. The summed E-state index contributed by atoms with van der Waals surface area (Å²) in [4.78, 5) is 21.7. The lowest BCUT2D eigenvalue weighted by Gasteiger charge is -2.06. The number of nitro benzene ring substituents is 1. The molecule has 0 spiro atoms. The Labute approximate surface area is 110 Å². The third-order valence-electron chi connectivity index (χ3n) is 2.42. The number of nitro groups is 1. The Morgan fingerprint density at radius 2 is 2.11 bits per heavy atom. The van der Waals surface area contributed by atoms with E-state index in [4.69, 9.17) is 0 Å². The highest BCUT2D eigenvalue weighted by Crippen LogP contribution is 2.19. The molecule has 7 heteroatoms. The number of nitrogens with one attached hydrogen (secondary N) is 2. The molecule has 0 aliphatic rings. The highest BCUT2D eigenvalue weighted by atomic mass is 19.1. The van der Waals surface area contributed by atoms with E-state index in [0.29, 0.717) is 13.1 Å². The van der Waals surface area contributed by atoms with E-state index >= 15 is 0 Å². The zero-order valence-corrected chi connectivity index (χ0v) is 10.6. The summed E-state index contributed by atoms with van der Waals surface area (Å²) < 4.78 is 12.9. The van der Waals surface area contributed by atoms with E-state index in [2.05, 4.69) is 10.6 Å². The lowest BCUT2D eigenvalue weighted by Crippen LogP contribution is -2.32. The number of carbonyl (C=O) groups excluding carboxylic acids is 1. The van der Waals surface area contributed by atoms with Crippen molar-refractivity contribution in [1.29, 1.82) is 0 Å². The van der Waals surface area contributed by atoms with Gasteiger partial charge in [0.25, 0.3) is 11.6 Å². The molecule has 19 heavy (non-hydrogen) atoms. The number of hydrogen-bond donors (Lipinski definition) is 2. The van der Waals surface area contributed by atoms with Crippen LogP contribution >= 0.6 is 0 Å². The number of benzene rings is 1. The molecule has 0 atom stereocenters. The topological polar surface area (TPSA) is 84.3 Å². The van der Waals surface area contributed by atoms with Gasteiger partial charge in [0.15, 0.2) is 0 Å². The highest BCUT2D eigenvalue weighted by Gasteiger charge is 2.20. The van der Waals surface area contributed by atoms with Crippen LogP contribution in [0.5, 0.6) is 0 Å². The minimum Gasteiger partial charge on any atom is -0.351 e. The minimum absolute atomic E-state index is 0.137. The van der Waals surface area contributed by atoms with Crippen molar-refractivity contribution in [2.75, 3.05) is 19.6 Å². The number of amides is 1. The monoisotopic (exact) mass is 269 g/mol. The van der Waals surface area contributed by atoms with E-state index in [0.717, 1.165) is 31.2 Å². The summed E-state index contributed by atoms with van der Waals surface area (Å²) in [6.07, 6.45) is 0.984. The Morgan fingerprint density at radius 1 is 1.37 bits per heavy atom. The molecule has 104 valence electrons. The molecule has 0 aliphatic carbocycles. The second-order valence-electron chi connectivity index (χ2n) is 3.92. The van der Waals surface area contributed by atoms with Crippen LogP contribution in [0.2, 0.25) is 0 Å². The predicted molar refractivity (Wildman–Crippen MR) is 68.5 cm³/mol. The van der Waals surface area contributed by atoms with Crippen molar-refractivity contribution in [3.63, 3.8) is 0 Å². The third-order valence-corrected chi connectivity index (χ3v) is 2.42. The van der Waals surface area contributed by atoms with Gasteiger partial charge in [-0.2, -0.15) is 0 Å². The van der Waals surface area contributed by atoms with Gasteiger partial charge in [-0.3, -0.25) is 14.9 Å². The number of nitrogens with zero attached hydrogens (tertiary/aromatic N) is 1. The van der Waals surface area contributed by atoms with Crippen molar-refractivity contribution in [2.24, 2.45) is 0 Å². The Bertz CT molecular complexity index is 466. The summed E-state index contributed by atoms with van der Waals surface area (Å²) in [5.74, 6) is -1.32. The second-order valence-corrected chi connectivity index (χ2v) is 3.92. The van der Waals surface area contributed by atoms with Gasteiger partial charge in [0, 0.05) is 13.1 Å².